The summed E-state index contributed by atoms with van der Waals surface area (Å²) >= 11 is 1.62. The van der Waals surface area contributed by atoms with E-state index in [0.717, 1.165) is 29.0 Å². The number of aliphatic hydroxyl groups is 1. The van der Waals surface area contributed by atoms with Crippen LogP contribution >= 0.6 is 11.3 Å². The molecule has 0 saturated heterocycles. The van der Waals surface area contributed by atoms with E-state index in [2.05, 4.69) is 33.8 Å². The standard InChI is InChI=1S/C21H25N3O2S/c1-22-21(23-11-10-15-6-5-8-17(12-15)26-2)24-14-18(25)20-13-16-7-3-4-9-19(16)27-20/h3-9,12-13,18,25H,10-11,14H2,1-2H3,(H2,22,23,24). The molecule has 0 aliphatic rings. The van der Waals surface area contributed by atoms with Gasteiger partial charge in [0.05, 0.1) is 7.11 Å². The number of guanidine groups is 1. The van der Waals surface area contributed by atoms with E-state index in [1.54, 1.807) is 25.5 Å². The number of methoxy groups -OCH3 is 1. The molecule has 0 fully saturated rings. The quantitative estimate of drug-likeness (QED) is 0.432. The molecule has 0 amide bonds. The maximum absolute atomic E-state index is 10.5. The molecule has 0 aliphatic heterocycles. The topological polar surface area (TPSA) is 65.9 Å². The number of benzene rings is 2. The van der Waals surface area contributed by atoms with Crippen molar-refractivity contribution >= 4 is 27.4 Å². The number of nitrogens with one attached hydrogen (secondary N) is 2. The Morgan fingerprint density at radius 2 is 2.00 bits per heavy atom. The summed E-state index contributed by atoms with van der Waals surface area (Å²) in [5.74, 6) is 1.54. The predicted molar refractivity (Wildman–Crippen MR) is 113 cm³/mol. The highest BCUT2D eigenvalue weighted by Crippen LogP contribution is 2.29. The van der Waals surface area contributed by atoms with E-state index in [4.69, 9.17) is 4.74 Å². The SMILES string of the molecule is CN=C(NCCc1cccc(OC)c1)NCC(O)c1cc2ccccc2s1. The largest absolute Gasteiger partial charge is 0.497 e. The van der Waals surface area contributed by atoms with E-state index < -0.39 is 6.10 Å². The summed E-state index contributed by atoms with van der Waals surface area (Å²) in [5.41, 5.74) is 1.20. The first-order chi connectivity index (χ1) is 13.2. The third-order valence-electron chi connectivity index (χ3n) is 4.30. The van der Waals surface area contributed by atoms with Gasteiger partial charge in [0.2, 0.25) is 0 Å². The van der Waals surface area contributed by atoms with Crippen LogP contribution in [-0.2, 0) is 6.42 Å². The van der Waals surface area contributed by atoms with Crippen molar-refractivity contribution in [3.8, 4) is 5.75 Å². The fourth-order valence-electron chi connectivity index (χ4n) is 2.83. The van der Waals surface area contributed by atoms with Crippen LogP contribution in [0.4, 0.5) is 0 Å². The number of nitrogens with zero attached hydrogens (tertiary/aromatic N) is 1. The molecule has 0 radical (unpaired) electrons. The number of aliphatic imine (C=N–C) groups is 1. The Morgan fingerprint density at radius 1 is 1.15 bits per heavy atom. The second kappa shape index (κ2) is 9.39. The van der Waals surface area contributed by atoms with Gasteiger partial charge in [-0.05, 0) is 41.6 Å². The van der Waals surface area contributed by atoms with Gasteiger partial charge in [0.15, 0.2) is 5.96 Å². The van der Waals surface area contributed by atoms with Gasteiger partial charge in [-0.15, -0.1) is 11.3 Å². The highest BCUT2D eigenvalue weighted by molar-refractivity contribution is 7.19. The number of hydrogen-bond donors (Lipinski definition) is 3. The Morgan fingerprint density at radius 3 is 2.78 bits per heavy atom. The fraction of sp³-hybridized carbons (Fsp3) is 0.286. The number of hydrogen-bond acceptors (Lipinski definition) is 4. The monoisotopic (exact) mass is 383 g/mol. The van der Waals surface area contributed by atoms with E-state index in [-0.39, 0.29) is 0 Å². The van der Waals surface area contributed by atoms with Crippen molar-refractivity contribution in [3.05, 3.63) is 65.0 Å². The zero-order valence-electron chi connectivity index (χ0n) is 15.6. The van der Waals surface area contributed by atoms with Crippen molar-refractivity contribution in [2.45, 2.75) is 12.5 Å². The third kappa shape index (κ3) is 5.21. The van der Waals surface area contributed by atoms with E-state index in [9.17, 15) is 5.11 Å². The molecular weight excluding hydrogens is 358 g/mol. The second-order valence-corrected chi connectivity index (χ2v) is 7.30. The summed E-state index contributed by atoms with van der Waals surface area (Å²) in [6, 6.07) is 18.2. The van der Waals surface area contributed by atoms with Crippen LogP contribution in [0, 0.1) is 0 Å². The Bertz CT molecular complexity index is 874. The van der Waals surface area contributed by atoms with E-state index in [0.29, 0.717) is 12.5 Å². The lowest BCUT2D eigenvalue weighted by molar-refractivity contribution is 0.184. The minimum atomic E-state index is -0.570. The first kappa shape index (κ1) is 19.2. The van der Waals surface area contributed by atoms with Gasteiger partial charge in [-0.3, -0.25) is 4.99 Å². The highest BCUT2D eigenvalue weighted by Gasteiger charge is 2.12. The van der Waals surface area contributed by atoms with Gasteiger partial charge in [-0.25, -0.2) is 0 Å². The highest BCUT2D eigenvalue weighted by atomic mass is 32.1. The molecule has 3 N–H and O–H groups in total. The molecule has 2 aromatic carbocycles. The Labute approximate surface area is 163 Å². The summed E-state index contributed by atoms with van der Waals surface area (Å²) < 4.78 is 6.44. The minimum absolute atomic E-state index is 0.408. The van der Waals surface area contributed by atoms with Crippen LogP contribution < -0.4 is 15.4 Å². The third-order valence-corrected chi connectivity index (χ3v) is 5.52. The molecule has 1 aromatic heterocycles. The average Bonchev–Trinajstić information content (AvgIpc) is 3.15. The maximum atomic E-state index is 10.5. The molecule has 27 heavy (non-hydrogen) atoms. The number of thiophene rings is 1. The molecule has 142 valence electrons. The molecule has 3 rings (SSSR count). The molecule has 1 atom stereocenters. The summed E-state index contributed by atoms with van der Waals surface area (Å²) in [4.78, 5) is 5.18. The van der Waals surface area contributed by atoms with Crippen LogP contribution in [0.3, 0.4) is 0 Å². The fourth-order valence-corrected chi connectivity index (χ4v) is 3.89. The molecule has 5 nitrogen and oxygen atoms in total. The molecule has 0 aliphatic carbocycles. The Kier molecular flexibility index (Phi) is 6.68. The molecule has 6 heteroatoms. The zero-order chi connectivity index (χ0) is 19.1. The average molecular weight is 384 g/mol. The van der Waals surface area contributed by atoms with Gasteiger partial charge in [0.1, 0.15) is 11.9 Å². The van der Waals surface area contributed by atoms with E-state index in [1.165, 1.54) is 10.3 Å². The minimum Gasteiger partial charge on any atom is -0.497 e. The van der Waals surface area contributed by atoms with Crippen molar-refractivity contribution in [1.82, 2.24) is 10.6 Å². The first-order valence-corrected chi connectivity index (χ1v) is 9.75. The molecule has 1 unspecified atom stereocenters. The van der Waals surface area contributed by atoms with Crippen molar-refractivity contribution in [2.75, 3.05) is 27.2 Å². The van der Waals surface area contributed by atoms with Gasteiger partial charge < -0.3 is 20.5 Å². The number of fused-ring (bicyclic) bond motifs is 1. The zero-order valence-corrected chi connectivity index (χ0v) is 16.4. The molecular formula is C21H25N3O2S. The van der Waals surface area contributed by atoms with Crippen LogP contribution in [0.5, 0.6) is 5.75 Å². The van der Waals surface area contributed by atoms with Gasteiger partial charge >= 0.3 is 0 Å². The maximum Gasteiger partial charge on any atom is 0.191 e. The van der Waals surface area contributed by atoms with Gasteiger partial charge in [-0.2, -0.15) is 0 Å². The summed E-state index contributed by atoms with van der Waals surface area (Å²) in [7, 11) is 3.40. The lowest BCUT2D eigenvalue weighted by atomic mass is 10.1. The van der Waals surface area contributed by atoms with Crippen LogP contribution in [0.1, 0.15) is 16.5 Å². The molecule has 0 spiro atoms. The lowest BCUT2D eigenvalue weighted by Gasteiger charge is -2.14. The Hall–Kier alpha value is -2.57. The van der Waals surface area contributed by atoms with Crippen LogP contribution in [0.25, 0.3) is 10.1 Å². The molecule has 0 bridgehead atoms. The number of rotatable bonds is 7. The molecule has 3 aromatic rings. The molecule has 0 saturated carbocycles. The van der Waals surface area contributed by atoms with Crippen LogP contribution in [0.15, 0.2) is 59.6 Å². The normalized spacial score (nSPS) is 12.8. The molecule has 1 heterocycles. The Balaban J connectivity index is 1.48. The van der Waals surface area contributed by atoms with Gasteiger partial charge in [0, 0.05) is 29.7 Å². The first-order valence-electron chi connectivity index (χ1n) is 8.93. The second-order valence-electron chi connectivity index (χ2n) is 6.18. The van der Waals surface area contributed by atoms with Crippen molar-refractivity contribution < 1.29 is 9.84 Å². The number of aliphatic hydroxyl groups excluding tert-OH is 1. The van der Waals surface area contributed by atoms with Crippen LogP contribution in [0.2, 0.25) is 0 Å². The van der Waals surface area contributed by atoms with Crippen molar-refractivity contribution in [2.24, 2.45) is 4.99 Å². The summed E-state index contributed by atoms with van der Waals surface area (Å²) in [5, 5.41) is 18.1. The van der Waals surface area contributed by atoms with Crippen molar-refractivity contribution in [1.29, 1.82) is 0 Å². The van der Waals surface area contributed by atoms with Crippen molar-refractivity contribution in [3.63, 3.8) is 0 Å². The summed E-state index contributed by atoms with van der Waals surface area (Å²) in [6.45, 7) is 1.15. The smallest absolute Gasteiger partial charge is 0.191 e. The lowest BCUT2D eigenvalue weighted by Crippen LogP contribution is -2.40. The summed E-state index contributed by atoms with van der Waals surface area (Å²) in [6.07, 6.45) is 0.288. The number of ether oxygens (including phenoxy) is 1. The van der Waals surface area contributed by atoms with Crippen LogP contribution in [-0.4, -0.2) is 38.3 Å². The predicted octanol–water partition coefficient (Wildman–Crippen LogP) is 3.35. The van der Waals surface area contributed by atoms with Gasteiger partial charge in [-0.1, -0.05) is 30.3 Å². The van der Waals surface area contributed by atoms with E-state index >= 15 is 0 Å². The van der Waals surface area contributed by atoms with Gasteiger partial charge in [0.25, 0.3) is 0 Å². The van der Waals surface area contributed by atoms with E-state index in [1.807, 2.05) is 36.4 Å².